The van der Waals surface area contributed by atoms with Gasteiger partial charge in [0.25, 0.3) is 0 Å². The van der Waals surface area contributed by atoms with Gasteiger partial charge in [-0.25, -0.2) is 0 Å². The Morgan fingerprint density at radius 1 is 0.864 bits per heavy atom. The van der Waals surface area contributed by atoms with Crippen LogP contribution in [0.2, 0.25) is 0 Å². The molecular formula is C18H19F3O. The van der Waals surface area contributed by atoms with Gasteiger partial charge in [0.15, 0.2) is 0 Å². The van der Waals surface area contributed by atoms with Crippen LogP contribution in [-0.2, 0) is 11.8 Å². The molecule has 2 rings (SSSR count). The molecule has 0 fully saturated rings. The molecule has 0 aliphatic rings. The summed E-state index contributed by atoms with van der Waals surface area (Å²) in [5, 5.41) is 11.1. The second-order valence-corrected chi connectivity index (χ2v) is 5.37. The molecule has 0 saturated heterocycles. The summed E-state index contributed by atoms with van der Waals surface area (Å²) in [4.78, 5) is 0. The molecule has 0 saturated carbocycles. The van der Waals surface area contributed by atoms with E-state index in [1.165, 1.54) is 18.2 Å². The first kappa shape index (κ1) is 16.6. The molecule has 0 heterocycles. The highest BCUT2D eigenvalue weighted by atomic mass is 19.4. The van der Waals surface area contributed by atoms with Crippen molar-refractivity contribution in [3.8, 4) is 0 Å². The number of hydrogen-bond donors (Lipinski definition) is 1. The maximum Gasteiger partial charge on any atom is 0.416 e. The molecule has 2 aromatic rings. The number of hydrogen-bond acceptors (Lipinski definition) is 1. The molecule has 1 unspecified atom stereocenters. The normalized spacial score (nSPS) is 14.6. The lowest BCUT2D eigenvalue weighted by Gasteiger charge is -2.32. The number of benzene rings is 2. The van der Waals surface area contributed by atoms with E-state index >= 15 is 0 Å². The fourth-order valence-corrected chi connectivity index (χ4v) is 2.67. The first-order valence-corrected chi connectivity index (χ1v) is 7.34. The van der Waals surface area contributed by atoms with Gasteiger partial charge in [-0.1, -0.05) is 68.3 Å². The molecule has 1 nitrogen and oxygen atoms in total. The highest BCUT2D eigenvalue weighted by Gasteiger charge is 2.41. The lowest BCUT2D eigenvalue weighted by molar-refractivity contribution is -0.140. The molecule has 0 aromatic heterocycles. The zero-order valence-electron chi connectivity index (χ0n) is 12.4. The Hall–Kier alpha value is -1.81. The van der Waals surface area contributed by atoms with E-state index in [1.807, 2.05) is 6.92 Å². The van der Waals surface area contributed by atoms with Crippen LogP contribution in [-0.4, -0.2) is 5.11 Å². The van der Waals surface area contributed by atoms with E-state index in [-0.39, 0.29) is 12.0 Å². The van der Waals surface area contributed by atoms with Crippen LogP contribution in [0.15, 0.2) is 54.6 Å². The summed E-state index contributed by atoms with van der Waals surface area (Å²) in [6, 6.07) is 13.8. The summed E-state index contributed by atoms with van der Waals surface area (Å²) in [5.74, 6) is 0. The fourth-order valence-electron chi connectivity index (χ4n) is 2.67. The maximum atomic E-state index is 13.3. The number of aliphatic hydroxyl groups is 1. The van der Waals surface area contributed by atoms with E-state index in [0.29, 0.717) is 12.0 Å². The summed E-state index contributed by atoms with van der Waals surface area (Å²) in [6.07, 6.45) is -2.81. The highest BCUT2D eigenvalue weighted by Crippen LogP contribution is 2.42. The summed E-state index contributed by atoms with van der Waals surface area (Å²) in [7, 11) is 0. The SMILES string of the molecule is CCCCC(O)(c1ccccc1)c1ccccc1C(F)(F)F. The zero-order valence-corrected chi connectivity index (χ0v) is 12.4. The molecule has 0 aliphatic carbocycles. The molecule has 118 valence electrons. The van der Waals surface area contributed by atoms with E-state index < -0.39 is 17.3 Å². The van der Waals surface area contributed by atoms with Gasteiger partial charge >= 0.3 is 6.18 Å². The van der Waals surface area contributed by atoms with Gasteiger partial charge in [-0.05, 0) is 18.1 Å². The molecular weight excluding hydrogens is 289 g/mol. The van der Waals surface area contributed by atoms with Gasteiger partial charge in [-0.15, -0.1) is 0 Å². The molecule has 22 heavy (non-hydrogen) atoms. The van der Waals surface area contributed by atoms with Crippen LogP contribution in [0.5, 0.6) is 0 Å². The third kappa shape index (κ3) is 3.33. The van der Waals surface area contributed by atoms with Crippen molar-refractivity contribution < 1.29 is 18.3 Å². The summed E-state index contributed by atoms with van der Waals surface area (Å²) in [5.41, 5.74) is -2.01. The first-order valence-electron chi connectivity index (χ1n) is 7.34. The van der Waals surface area contributed by atoms with E-state index in [0.717, 1.165) is 12.5 Å². The first-order chi connectivity index (χ1) is 10.4. The topological polar surface area (TPSA) is 20.2 Å². The third-order valence-corrected chi connectivity index (χ3v) is 3.82. The summed E-state index contributed by atoms with van der Waals surface area (Å²) in [6.45, 7) is 1.95. The van der Waals surface area contributed by atoms with Gasteiger partial charge in [-0.2, -0.15) is 13.2 Å². The molecule has 1 atom stereocenters. The van der Waals surface area contributed by atoms with Crippen molar-refractivity contribution in [1.82, 2.24) is 0 Å². The van der Waals surface area contributed by atoms with Gasteiger partial charge in [0.05, 0.1) is 5.56 Å². The second-order valence-electron chi connectivity index (χ2n) is 5.37. The van der Waals surface area contributed by atoms with Crippen LogP contribution in [0.4, 0.5) is 13.2 Å². The predicted molar refractivity (Wildman–Crippen MR) is 80.4 cm³/mol. The van der Waals surface area contributed by atoms with Crippen LogP contribution in [0, 0.1) is 0 Å². The lowest BCUT2D eigenvalue weighted by Crippen LogP contribution is -2.30. The van der Waals surface area contributed by atoms with Gasteiger partial charge in [-0.3, -0.25) is 0 Å². The molecule has 0 amide bonds. The number of unbranched alkanes of at least 4 members (excludes halogenated alkanes) is 1. The van der Waals surface area contributed by atoms with Crippen molar-refractivity contribution in [1.29, 1.82) is 0 Å². The maximum absolute atomic E-state index is 13.3. The summed E-state index contributed by atoms with van der Waals surface area (Å²) < 4.78 is 39.9. The smallest absolute Gasteiger partial charge is 0.380 e. The molecule has 0 aliphatic heterocycles. The Balaban J connectivity index is 2.61. The quantitative estimate of drug-likeness (QED) is 0.811. The predicted octanol–water partition coefficient (Wildman–Crippen LogP) is 5.13. The highest BCUT2D eigenvalue weighted by molar-refractivity contribution is 5.42. The van der Waals surface area contributed by atoms with Crippen LogP contribution >= 0.6 is 0 Å². The minimum atomic E-state index is -4.49. The Bertz CT molecular complexity index is 607. The van der Waals surface area contributed by atoms with Crippen molar-refractivity contribution in [2.24, 2.45) is 0 Å². The summed E-state index contributed by atoms with van der Waals surface area (Å²) >= 11 is 0. The monoisotopic (exact) mass is 308 g/mol. The van der Waals surface area contributed by atoms with E-state index in [4.69, 9.17) is 0 Å². The van der Waals surface area contributed by atoms with Crippen LogP contribution in [0.3, 0.4) is 0 Å². The van der Waals surface area contributed by atoms with Gasteiger partial charge in [0.2, 0.25) is 0 Å². The minimum absolute atomic E-state index is 0.0813. The average molecular weight is 308 g/mol. The Morgan fingerprint density at radius 2 is 1.41 bits per heavy atom. The number of halogens is 3. The van der Waals surface area contributed by atoms with Gasteiger partial charge in [0.1, 0.15) is 5.60 Å². The van der Waals surface area contributed by atoms with Crippen LogP contribution < -0.4 is 0 Å². The largest absolute Gasteiger partial charge is 0.416 e. The minimum Gasteiger partial charge on any atom is -0.380 e. The van der Waals surface area contributed by atoms with Crippen LogP contribution in [0.25, 0.3) is 0 Å². The lowest BCUT2D eigenvalue weighted by atomic mass is 9.80. The zero-order chi connectivity index (χ0) is 16.2. The number of rotatable bonds is 5. The standard InChI is InChI=1S/C18H19F3O/c1-2-3-13-17(22,14-9-5-4-6-10-14)15-11-7-8-12-16(15)18(19,20)21/h4-12,22H,2-3,13H2,1H3. The third-order valence-electron chi connectivity index (χ3n) is 3.82. The van der Waals surface area contributed by atoms with Crippen molar-refractivity contribution in [2.75, 3.05) is 0 Å². The second kappa shape index (κ2) is 6.53. The van der Waals surface area contributed by atoms with E-state index in [1.54, 1.807) is 30.3 Å². The molecule has 0 bridgehead atoms. The molecule has 0 spiro atoms. The Labute approximate surface area is 128 Å². The molecule has 2 aromatic carbocycles. The van der Waals surface area contributed by atoms with Crippen molar-refractivity contribution >= 4 is 0 Å². The molecule has 4 heteroatoms. The van der Waals surface area contributed by atoms with Crippen LogP contribution in [0.1, 0.15) is 42.9 Å². The van der Waals surface area contributed by atoms with E-state index in [9.17, 15) is 18.3 Å². The van der Waals surface area contributed by atoms with Gasteiger partial charge in [0, 0.05) is 5.56 Å². The molecule has 0 radical (unpaired) electrons. The number of alkyl halides is 3. The molecule has 1 N–H and O–H groups in total. The fraction of sp³-hybridized carbons (Fsp3) is 0.333. The Morgan fingerprint density at radius 3 is 1.95 bits per heavy atom. The Kier molecular flexibility index (Phi) is 4.91. The van der Waals surface area contributed by atoms with E-state index in [2.05, 4.69) is 0 Å². The van der Waals surface area contributed by atoms with Crippen molar-refractivity contribution in [3.63, 3.8) is 0 Å². The van der Waals surface area contributed by atoms with Gasteiger partial charge < -0.3 is 5.11 Å². The van der Waals surface area contributed by atoms with Crippen molar-refractivity contribution in [3.05, 3.63) is 71.3 Å². The average Bonchev–Trinajstić information content (AvgIpc) is 2.52. The van der Waals surface area contributed by atoms with Crippen molar-refractivity contribution in [2.45, 2.75) is 38.0 Å².